The maximum Gasteiger partial charge on any atom is 0.118 e. The minimum absolute atomic E-state index is 0.165. The van der Waals surface area contributed by atoms with Crippen molar-refractivity contribution in [1.29, 1.82) is 0 Å². The van der Waals surface area contributed by atoms with Crippen molar-refractivity contribution in [2.75, 3.05) is 13.7 Å². The zero-order valence-corrected chi connectivity index (χ0v) is 11.6. The van der Waals surface area contributed by atoms with Crippen LogP contribution in [0, 0.1) is 5.41 Å². The second-order valence-corrected chi connectivity index (χ2v) is 5.42. The van der Waals surface area contributed by atoms with Crippen LogP contribution in [-0.4, -0.2) is 24.9 Å². The van der Waals surface area contributed by atoms with E-state index in [1.165, 1.54) is 0 Å². The van der Waals surface area contributed by atoms with Crippen LogP contribution in [0.25, 0.3) is 0 Å². The molecule has 2 rings (SSSR count). The summed E-state index contributed by atoms with van der Waals surface area (Å²) in [4.78, 5) is 0. The molecule has 1 aliphatic carbocycles. The van der Waals surface area contributed by atoms with Crippen molar-refractivity contribution in [3.05, 3.63) is 42.0 Å². The highest BCUT2D eigenvalue weighted by Crippen LogP contribution is 2.33. The Morgan fingerprint density at radius 3 is 2.63 bits per heavy atom. The van der Waals surface area contributed by atoms with Crippen molar-refractivity contribution in [1.82, 2.24) is 0 Å². The number of hydrogen-bond acceptors (Lipinski definition) is 3. The monoisotopic (exact) mass is 262 g/mol. The average Bonchev–Trinajstić information content (AvgIpc) is 2.43. The number of ether oxygens (including phenoxy) is 2. The van der Waals surface area contributed by atoms with Crippen LogP contribution < -0.4 is 4.74 Å². The zero-order chi connectivity index (χ0) is 13.7. The normalized spacial score (nSPS) is 26.4. The Hall–Kier alpha value is -1.32. The van der Waals surface area contributed by atoms with Gasteiger partial charge in [-0.3, -0.25) is 0 Å². The van der Waals surface area contributed by atoms with Crippen LogP contribution in [0.15, 0.2) is 36.4 Å². The van der Waals surface area contributed by atoms with Gasteiger partial charge in [0.15, 0.2) is 0 Å². The summed E-state index contributed by atoms with van der Waals surface area (Å²) in [6.45, 7) is 3.22. The third-order valence-corrected chi connectivity index (χ3v) is 3.77. The molecule has 104 valence electrons. The molecular weight excluding hydrogens is 240 g/mol. The van der Waals surface area contributed by atoms with Gasteiger partial charge < -0.3 is 14.6 Å². The summed E-state index contributed by atoms with van der Waals surface area (Å²) in [5, 5.41) is 10.0. The van der Waals surface area contributed by atoms with Crippen LogP contribution in [0.4, 0.5) is 0 Å². The molecule has 0 heterocycles. The molecule has 0 bridgehead atoms. The van der Waals surface area contributed by atoms with Crippen molar-refractivity contribution < 1.29 is 14.6 Å². The molecule has 1 aromatic carbocycles. The van der Waals surface area contributed by atoms with Crippen LogP contribution >= 0.6 is 0 Å². The van der Waals surface area contributed by atoms with Crippen molar-refractivity contribution in [3.8, 4) is 5.75 Å². The van der Waals surface area contributed by atoms with Gasteiger partial charge in [0, 0.05) is 5.41 Å². The van der Waals surface area contributed by atoms with Gasteiger partial charge in [0.2, 0.25) is 0 Å². The number of aliphatic hydroxyl groups excluding tert-OH is 1. The second kappa shape index (κ2) is 6.22. The fraction of sp³-hybridized carbons (Fsp3) is 0.500. The molecule has 0 spiro atoms. The van der Waals surface area contributed by atoms with Crippen LogP contribution in [0.3, 0.4) is 0 Å². The third-order valence-electron chi connectivity index (χ3n) is 3.77. The number of hydrogen-bond donors (Lipinski definition) is 1. The molecule has 0 saturated heterocycles. The van der Waals surface area contributed by atoms with Crippen LogP contribution in [0.1, 0.15) is 25.3 Å². The maximum absolute atomic E-state index is 10.0. The molecule has 0 aromatic heterocycles. The number of rotatable bonds is 5. The van der Waals surface area contributed by atoms with E-state index < -0.39 is 0 Å². The quantitative estimate of drug-likeness (QED) is 0.829. The lowest BCUT2D eigenvalue weighted by Crippen LogP contribution is -2.37. The molecule has 3 heteroatoms. The highest BCUT2D eigenvalue weighted by Gasteiger charge is 2.33. The highest BCUT2D eigenvalue weighted by atomic mass is 16.5. The average molecular weight is 262 g/mol. The Labute approximate surface area is 114 Å². The summed E-state index contributed by atoms with van der Waals surface area (Å²) in [5.41, 5.74) is 0.951. The van der Waals surface area contributed by atoms with E-state index in [0.29, 0.717) is 13.2 Å². The minimum atomic E-state index is -0.312. The SMILES string of the molecule is COc1ccc(COC[C@@]2(C)CC=CC[C@@H]2O)cc1. The third kappa shape index (κ3) is 3.58. The molecule has 3 nitrogen and oxygen atoms in total. The smallest absolute Gasteiger partial charge is 0.118 e. The lowest BCUT2D eigenvalue weighted by atomic mass is 9.77. The summed E-state index contributed by atoms with van der Waals surface area (Å²) in [6.07, 6.45) is 5.45. The lowest BCUT2D eigenvalue weighted by Gasteiger charge is -2.35. The zero-order valence-electron chi connectivity index (χ0n) is 11.6. The van der Waals surface area contributed by atoms with Gasteiger partial charge in [-0.15, -0.1) is 0 Å². The van der Waals surface area contributed by atoms with Gasteiger partial charge in [-0.1, -0.05) is 31.2 Å². The summed E-state index contributed by atoms with van der Waals surface area (Å²) >= 11 is 0. The molecule has 0 saturated carbocycles. The summed E-state index contributed by atoms with van der Waals surface area (Å²) in [5.74, 6) is 0.851. The van der Waals surface area contributed by atoms with Gasteiger partial charge in [0.05, 0.1) is 26.4 Å². The first-order valence-electron chi connectivity index (χ1n) is 6.68. The molecule has 19 heavy (non-hydrogen) atoms. The number of aliphatic hydroxyl groups is 1. The summed E-state index contributed by atoms with van der Waals surface area (Å²) in [6, 6.07) is 7.86. The van der Waals surface area contributed by atoms with Crippen LogP contribution in [0.2, 0.25) is 0 Å². The predicted octanol–water partition coefficient (Wildman–Crippen LogP) is 2.93. The highest BCUT2D eigenvalue weighted by molar-refractivity contribution is 5.26. The van der Waals surface area contributed by atoms with Crippen molar-refractivity contribution in [3.63, 3.8) is 0 Å². The maximum atomic E-state index is 10.0. The first-order valence-corrected chi connectivity index (χ1v) is 6.68. The fourth-order valence-electron chi connectivity index (χ4n) is 2.28. The van der Waals surface area contributed by atoms with E-state index in [2.05, 4.69) is 13.0 Å². The Bertz CT molecular complexity index is 424. The van der Waals surface area contributed by atoms with Gasteiger partial charge in [-0.2, -0.15) is 0 Å². The summed E-state index contributed by atoms with van der Waals surface area (Å²) < 4.78 is 10.9. The molecule has 2 atom stereocenters. The standard InChI is InChI=1S/C16H22O3/c1-16(10-4-3-5-15(16)17)12-19-11-13-6-8-14(18-2)9-7-13/h3-4,6-9,15,17H,5,10-12H2,1-2H3/t15-,16+/m0/s1. The van der Waals surface area contributed by atoms with Gasteiger partial charge in [-0.05, 0) is 30.5 Å². The Morgan fingerprint density at radius 1 is 1.26 bits per heavy atom. The Morgan fingerprint density at radius 2 is 2.00 bits per heavy atom. The summed E-state index contributed by atoms with van der Waals surface area (Å²) in [7, 11) is 1.66. The van der Waals surface area contributed by atoms with Crippen molar-refractivity contribution in [2.45, 2.75) is 32.5 Å². The minimum Gasteiger partial charge on any atom is -0.497 e. The van der Waals surface area contributed by atoms with E-state index >= 15 is 0 Å². The Balaban J connectivity index is 1.84. The van der Waals surface area contributed by atoms with E-state index in [-0.39, 0.29) is 11.5 Å². The molecule has 0 radical (unpaired) electrons. The molecule has 1 aromatic rings. The number of allylic oxidation sites excluding steroid dienone is 1. The topological polar surface area (TPSA) is 38.7 Å². The molecule has 1 aliphatic rings. The van der Waals surface area contributed by atoms with E-state index in [1.807, 2.05) is 30.3 Å². The van der Waals surface area contributed by atoms with Crippen molar-refractivity contribution >= 4 is 0 Å². The number of methoxy groups -OCH3 is 1. The Kier molecular flexibility index (Phi) is 4.61. The van der Waals surface area contributed by atoms with E-state index in [0.717, 1.165) is 24.2 Å². The molecule has 0 aliphatic heterocycles. The predicted molar refractivity (Wildman–Crippen MR) is 75.1 cm³/mol. The molecular formula is C16H22O3. The molecule has 0 amide bonds. The van der Waals surface area contributed by atoms with Gasteiger partial charge >= 0.3 is 0 Å². The fourth-order valence-corrected chi connectivity index (χ4v) is 2.28. The van der Waals surface area contributed by atoms with Crippen molar-refractivity contribution in [2.24, 2.45) is 5.41 Å². The van der Waals surface area contributed by atoms with Gasteiger partial charge in [-0.25, -0.2) is 0 Å². The van der Waals surface area contributed by atoms with Crippen LogP contribution in [0.5, 0.6) is 5.75 Å². The first kappa shape index (κ1) is 14.1. The largest absolute Gasteiger partial charge is 0.497 e. The second-order valence-electron chi connectivity index (χ2n) is 5.42. The molecule has 1 N–H and O–H groups in total. The molecule has 0 unspecified atom stereocenters. The van der Waals surface area contributed by atoms with E-state index in [1.54, 1.807) is 7.11 Å². The molecule has 0 fully saturated rings. The van der Waals surface area contributed by atoms with Gasteiger partial charge in [0.25, 0.3) is 0 Å². The van der Waals surface area contributed by atoms with Crippen LogP contribution in [-0.2, 0) is 11.3 Å². The van der Waals surface area contributed by atoms with E-state index in [4.69, 9.17) is 9.47 Å². The number of benzene rings is 1. The first-order chi connectivity index (χ1) is 9.14. The van der Waals surface area contributed by atoms with Gasteiger partial charge in [0.1, 0.15) is 5.75 Å². The lowest BCUT2D eigenvalue weighted by molar-refractivity contribution is -0.0402. The van der Waals surface area contributed by atoms with E-state index in [9.17, 15) is 5.11 Å².